The molecule has 1 aromatic rings. The van der Waals surface area contributed by atoms with Gasteiger partial charge < -0.3 is 9.64 Å². The normalized spacial score (nSPS) is 12.8. The van der Waals surface area contributed by atoms with Crippen LogP contribution in [0.3, 0.4) is 0 Å². The maximum Gasteiger partial charge on any atom is 0.119 e. The molecule has 0 aliphatic carbocycles. The van der Waals surface area contributed by atoms with Gasteiger partial charge in [-0.1, -0.05) is 25.1 Å². The van der Waals surface area contributed by atoms with Crippen LogP contribution in [-0.2, 0) is 0 Å². The minimum absolute atomic E-state index is 0.329. The van der Waals surface area contributed by atoms with Crippen LogP contribution in [0, 0.1) is 0 Å². The zero-order chi connectivity index (χ0) is 11.1. The largest absolute Gasteiger partial charge is 0.490 e. The molecule has 0 aromatic heterocycles. The molecular formula is C13H21NO. The van der Waals surface area contributed by atoms with E-state index in [1.807, 2.05) is 30.3 Å². The van der Waals surface area contributed by atoms with Crippen LogP contribution in [0.5, 0.6) is 5.75 Å². The Hall–Kier alpha value is -1.02. The summed E-state index contributed by atoms with van der Waals surface area (Å²) >= 11 is 0. The number of hydrogen-bond acceptors (Lipinski definition) is 2. The second-order valence-electron chi connectivity index (χ2n) is 4.05. The zero-order valence-corrected chi connectivity index (χ0v) is 9.94. The van der Waals surface area contributed by atoms with Crippen molar-refractivity contribution in [2.24, 2.45) is 0 Å². The van der Waals surface area contributed by atoms with Crippen molar-refractivity contribution in [3.05, 3.63) is 30.3 Å². The Kier molecular flexibility index (Phi) is 5.19. The fraction of sp³-hybridized carbons (Fsp3) is 0.538. The van der Waals surface area contributed by atoms with Gasteiger partial charge >= 0.3 is 0 Å². The third-order valence-corrected chi connectivity index (χ3v) is 2.40. The molecule has 0 N–H and O–H groups in total. The van der Waals surface area contributed by atoms with Gasteiger partial charge in [-0.2, -0.15) is 0 Å². The molecule has 1 rings (SSSR count). The molecule has 1 aromatic carbocycles. The summed E-state index contributed by atoms with van der Waals surface area (Å²) in [6.07, 6.45) is 2.47. The van der Waals surface area contributed by atoms with Crippen LogP contribution in [0.15, 0.2) is 30.3 Å². The number of nitrogens with zero attached hydrogens (tertiary/aromatic N) is 1. The summed E-state index contributed by atoms with van der Waals surface area (Å²) in [5, 5.41) is 0. The first-order valence-electron chi connectivity index (χ1n) is 5.58. The predicted molar refractivity (Wildman–Crippen MR) is 64.3 cm³/mol. The van der Waals surface area contributed by atoms with E-state index in [4.69, 9.17) is 4.74 Å². The molecule has 0 saturated carbocycles. The van der Waals surface area contributed by atoms with E-state index in [-0.39, 0.29) is 0 Å². The van der Waals surface area contributed by atoms with Crippen molar-refractivity contribution < 1.29 is 4.74 Å². The van der Waals surface area contributed by atoms with E-state index < -0.39 is 0 Å². The highest BCUT2D eigenvalue weighted by Crippen LogP contribution is 2.14. The molecule has 0 heterocycles. The lowest BCUT2D eigenvalue weighted by Crippen LogP contribution is -2.23. The Morgan fingerprint density at radius 2 is 1.87 bits per heavy atom. The van der Waals surface area contributed by atoms with Crippen LogP contribution in [0.4, 0.5) is 0 Å². The first-order valence-corrected chi connectivity index (χ1v) is 5.58. The standard InChI is InChI=1S/C13H21NO/c1-4-12(10-11-14(2)3)15-13-8-6-5-7-9-13/h5-9,12H,4,10-11H2,1-3H3. The zero-order valence-electron chi connectivity index (χ0n) is 9.94. The first kappa shape index (κ1) is 12.1. The molecule has 0 spiro atoms. The quantitative estimate of drug-likeness (QED) is 0.711. The van der Waals surface area contributed by atoms with Gasteiger partial charge in [0, 0.05) is 6.54 Å². The lowest BCUT2D eigenvalue weighted by Gasteiger charge is -2.19. The van der Waals surface area contributed by atoms with E-state index in [9.17, 15) is 0 Å². The van der Waals surface area contributed by atoms with Crippen molar-refractivity contribution in [1.82, 2.24) is 4.90 Å². The predicted octanol–water partition coefficient (Wildman–Crippen LogP) is 2.80. The van der Waals surface area contributed by atoms with Crippen molar-refractivity contribution in [1.29, 1.82) is 0 Å². The Labute approximate surface area is 92.9 Å². The molecule has 15 heavy (non-hydrogen) atoms. The number of hydrogen-bond donors (Lipinski definition) is 0. The lowest BCUT2D eigenvalue weighted by molar-refractivity contribution is 0.172. The molecule has 0 fully saturated rings. The van der Waals surface area contributed by atoms with Gasteiger partial charge in [0.05, 0.1) is 6.10 Å². The smallest absolute Gasteiger partial charge is 0.119 e. The average molecular weight is 207 g/mol. The molecule has 0 aliphatic heterocycles. The second kappa shape index (κ2) is 6.46. The van der Waals surface area contributed by atoms with Gasteiger partial charge in [-0.3, -0.25) is 0 Å². The van der Waals surface area contributed by atoms with Crippen molar-refractivity contribution in [3.63, 3.8) is 0 Å². The highest BCUT2D eigenvalue weighted by atomic mass is 16.5. The minimum Gasteiger partial charge on any atom is -0.490 e. The van der Waals surface area contributed by atoms with Crippen LogP contribution >= 0.6 is 0 Å². The first-order chi connectivity index (χ1) is 7.22. The van der Waals surface area contributed by atoms with Gasteiger partial charge in [-0.05, 0) is 39.1 Å². The maximum absolute atomic E-state index is 5.89. The summed E-state index contributed by atoms with van der Waals surface area (Å²) in [5.74, 6) is 0.975. The summed E-state index contributed by atoms with van der Waals surface area (Å²) in [7, 11) is 4.18. The number of para-hydroxylation sites is 1. The molecule has 0 bridgehead atoms. The van der Waals surface area contributed by atoms with E-state index in [1.54, 1.807) is 0 Å². The van der Waals surface area contributed by atoms with Crippen LogP contribution in [0.25, 0.3) is 0 Å². The SMILES string of the molecule is CCC(CCN(C)C)Oc1ccccc1. The second-order valence-corrected chi connectivity index (χ2v) is 4.05. The third-order valence-electron chi connectivity index (χ3n) is 2.40. The molecule has 0 amide bonds. The van der Waals surface area contributed by atoms with Crippen molar-refractivity contribution in [2.75, 3.05) is 20.6 Å². The molecule has 0 saturated heterocycles. The van der Waals surface area contributed by atoms with E-state index >= 15 is 0 Å². The Morgan fingerprint density at radius 1 is 1.20 bits per heavy atom. The van der Waals surface area contributed by atoms with Gasteiger partial charge in [-0.15, -0.1) is 0 Å². The summed E-state index contributed by atoms with van der Waals surface area (Å²) in [5.41, 5.74) is 0. The molecule has 0 radical (unpaired) electrons. The van der Waals surface area contributed by atoms with E-state index in [2.05, 4.69) is 25.9 Å². The van der Waals surface area contributed by atoms with Gasteiger partial charge in [0.25, 0.3) is 0 Å². The Morgan fingerprint density at radius 3 is 2.40 bits per heavy atom. The molecule has 1 atom stereocenters. The number of rotatable bonds is 6. The summed E-state index contributed by atoms with van der Waals surface area (Å²) < 4.78 is 5.89. The molecule has 0 aliphatic rings. The average Bonchev–Trinajstić information content (AvgIpc) is 2.25. The van der Waals surface area contributed by atoms with Crippen molar-refractivity contribution in [2.45, 2.75) is 25.9 Å². The molecule has 1 unspecified atom stereocenters. The summed E-state index contributed by atoms with van der Waals surface area (Å²) in [4.78, 5) is 2.19. The number of ether oxygens (including phenoxy) is 1. The maximum atomic E-state index is 5.89. The van der Waals surface area contributed by atoms with E-state index in [1.165, 1.54) is 0 Å². The van der Waals surface area contributed by atoms with Crippen LogP contribution < -0.4 is 4.74 Å². The third kappa shape index (κ3) is 4.84. The van der Waals surface area contributed by atoms with Crippen LogP contribution in [0.1, 0.15) is 19.8 Å². The summed E-state index contributed by atoms with van der Waals surface area (Å²) in [6.45, 7) is 3.24. The molecule has 84 valence electrons. The van der Waals surface area contributed by atoms with Crippen LogP contribution in [-0.4, -0.2) is 31.6 Å². The minimum atomic E-state index is 0.329. The van der Waals surface area contributed by atoms with Gasteiger partial charge in [0.1, 0.15) is 5.75 Å². The molecule has 2 heteroatoms. The Bertz CT molecular complexity index is 258. The fourth-order valence-corrected chi connectivity index (χ4v) is 1.44. The Balaban J connectivity index is 2.40. The summed E-state index contributed by atoms with van der Waals surface area (Å²) in [6, 6.07) is 10.0. The van der Waals surface area contributed by atoms with E-state index in [0.29, 0.717) is 6.10 Å². The van der Waals surface area contributed by atoms with Gasteiger partial charge in [0.2, 0.25) is 0 Å². The van der Waals surface area contributed by atoms with Crippen molar-refractivity contribution >= 4 is 0 Å². The molecular weight excluding hydrogens is 186 g/mol. The van der Waals surface area contributed by atoms with E-state index in [0.717, 1.165) is 25.1 Å². The van der Waals surface area contributed by atoms with Gasteiger partial charge in [0.15, 0.2) is 0 Å². The van der Waals surface area contributed by atoms with Crippen LogP contribution in [0.2, 0.25) is 0 Å². The van der Waals surface area contributed by atoms with Gasteiger partial charge in [-0.25, -0.2) is 0 Å². The monoisotopic (exact) mass is 207 g/mol. The topological polar surface area (TPSA) is 12.5 Å². The van der Waals surface area contributed by atoms with Crippen molar-refractivity contribution in [3.8, 4) is 5.75 Å². The highest BCUT2D eigenvalue weighted by molar-refractivity contribution is 5.21. The fourth-order valence-electron chi connectivity index (χ4n) is 1.44. The number of benzene rings is 1. The molecule has 2 nitrogen and oxygen atoms in total. The highest BCUT2D eigenvalue weighted by Gasteiger charge is 2.07. The lowest BCUT2D eigenvalue weighted by atomic mass is 10.2.